The molecule has 0 aliphatic heterocycles. The van der Waals surface area contributed by atoms with Crippen molar-refractivity contribution in [2.75, 3.05) is 18.9 Å². The van der Waals surface area contributed by atoms with E-state index >= 15 is 0 Å². The third-order valence-corrected chi connectivity index (χ3v) is 6.57. The molecule has 84 valence electrons. The van der Waals surface area contributed by atoms with Gasteiger partial charge in [0.1, 0.15) is 0 Å². The lowest BCUT2D eigenvalue weighted by atomic mass is 10.3. The topological polar surface area (TPSA) is 43.4 Å². The van der Waals surface area contributed by atoms with Gasteiger partial charge in [-0.2, -0.15) is 0 Å². The molecular formula is C10H21O3P. The van der Waals surface area contributed by atoms with Crippen molar-refractivity contribution in [1.29, 1.82) is 0 Å². The standard InChI is InChI=1S/C10H21O3P/c1-5-13-10(11)8-9(4)14(12,6-2)7-3/h9H,5-8H2,1-4H3. The van der Waals surface area contributed by atoms with E-state index in [0.29, 0.717) is 18.9 Å². The first-order valence-corrected chi connectivity index (χ1v) is 7.38. The van der Waals surface area contributed by atoms with E-state index in [9.17, 15) is 9.36 Å². The maximum atomic E-state index is 12.2. The van der Waals surface area contributed by atoms with Crippen LogP contribution >= 0.6 is 7.14 Å². The van der Waals surface area contributed by atoms with Crippen LogP contribution in [0.2, 0.25) is 0 Å². The minimum absolute atomic E-state index is 0.0449. The van der Waals surface area contributed by atoms with Crippen LogP contribution in [0.4, 0.5) is 0 Å². The second-order valence-electron chi connectivity index (χ2n) is 3.44. The molecule has 0 fully saturated rings. The third-order valence-electron chi connectivity index (χ3n) is 2.64. The van der Waals surface area contributed by atoms with Gasteiger partial charge in [-0.3, -0.25) is 4.79 Å². The molecule has 0 aromatic rings. The van der Waals surface area contributed by atoms with E-state index < -0.39 is 7.14 Å². The summed E-state index contributed by atoms with van der Waals surface area (Å²) in [5, 5.41) is 0. The Labute approximate surface area is 86.6 Å². The lowest BCUT2D eigenvalue weighted by Crippen LogP contribution is -2.15. The van der Waals surface area contributed by atoms with Gasteiger partial charge in [-0.15, -0.1) is 0 Å². The molecule has 0 heterocycles. The van der Waals surface area contributed by atoms with Crippen LogP contribution in [-0.4, -0.2) is 30.6 Å². The second-order valence-corrected chi connectivity index (χ2v) is 7.49. The van der Waals surface area contributed by atoms with Gasteiger partial charge in [0, 0.05) is 5.66 Å². The first-order valence-electron chi connectivity index (χ1n) is 5.23. The molecule has 0 radical (unpaired) electrons. The molecular weight excluding hydrogens is 199 g/mol. The number of ether oxygens (including phenoxy) is 1. The molecule has 0 bridgehead atoms. The Morgan fingerprint density at radius 2 is 1.79 bits per heavy atom. The predicted octanol–water partition coefficient (Wildman–Crippen LogP) is 2.73. The van der Waals surface area contributed by atoms with E-state index in [4.69, 9.17) is 4.74 Å². The Morgan fingerprint density at radius 1 is 1.29 bits per heavy atom. The Hall–Kier alpha value is -0.300. The van der Waals surface area contributed by atoms with E-state index in [2.05, 4.69) is 0 Å². The summed E-state index contributed by atoms with van der Waals surface area (Å²) in [7, 11) is -2.15. The minimum atomic E-state index is -2.15. The number of esters is 1. The van der Waals surface area contributed by atoms with Crippen LogP contribution in [0.3, 0.4) is 0 Å². The lowest BCUT2D eigenvalue weighted by Gasteiger charge is -2.21. The Morgan fingerprint density at radius 3 is 2.14 bits per heavy atom. The van der Waals surface area contributed by atoms with E-state index in [1.54, 1.807) is 6.92 Å². The van der Waals surface area contributed by atoms with E-state index in [-0.39, 0.29) is 18.0 Å². The summed E-state index contributed by atoms with van der Waals surface area (Å²) in [6.45, 7) is 7.90. The van der Waals surface area contributed by atoms with Crippen LogP contribution in [0.1, 0.15) is 34.1 Å². The summed E-state index contributed by atoms with van der Waals surface area (Å²) in [6, 6.07) is 0. The summed E-state index contributed by atoms with van der Waals surface area (Å²) in [5.41, 5.74) is -0.0449. The molecule has 0 spiro atoms. The first kappa shape index (κ1) is 13.7. The van der Waals surface area contributed by atoms with Gasteiger partial charge in [0.05, 0.1) is 20.2 Å². The molecule has 0 amide bonds. The number of hydrogen-bond acceptors (Lipinski definition) is 3. The van der Waals surface area contributed by atoms with E-state index in [0.717, 1.165) is 0 Å². The fraction of sp³-hybridized carbons (Fsp3) is 0.900. The molecule has 0 aromatic carbocycles. The van der Waals surface area contributed by atoms with Crippen LogP contribution < -0.4 is 0 Å². The molecule has 0 N–H and O–H groups in total. The molecule has 4 heteroatoms. The highest BCUT2D eigenvalue weighted by atomic mass is 31.2. The Balaban J connectivity index is 4.25. The largest absolute Gasteiger partial charge is 0.466 e. The Bertz CT molecular complexity index is 217. The Kier molecular flexibility index (Phi) is 6.10. The van der Waals surface area contributed by atoms with Crippen LogP contribution in [0.15, 0.2) is 0 Å². The molecule has 0 aromatic heterocycles. The quantitative estimate of drug-likeness (QED) is 0.510. The van der Waals surface area contributed by atoms with Crippen molar-refractivity contribution in [3.63, 3.8) is 0 Å². The average Bonchev–Trinajstić information content (AvgIpc) is 2.16. The van der Waals surface area contributed by atoms with Gasteiger partial charge in [-0.25, -0.2) is 0 Å². The summed E-state index contributed by atoms with van der Waals surface area (Å²) in [5.74, 6) is -0.234. The van der Waals surface area contributed by atoms with Crippen LogP contribution in [0.25, 0.3) is 0 Å². The van der Waals surface area contributed by atoms with E-state index in [1.807, 2.05) is 20.8 Å². The minimum Gasteiger partial charge on any atom is -0.466 e. The molecule has 0 aliphatic rings. The molecule has 3 nitrogen and oxygen atoms in total. The number of rotatable bonds is 6. The maximum Gasteiger partial charge on any atom is 0.306 e. The average molecular weight is 220 g/mol. The van der Waals surface area contributed by atoms with E-state index in [1.165, 1.54) is 0 Å². The van der Waals surface area contributed by atoms with Crippen molar-refractivity contribution >= 4 is 13.1 Å². The van der Waals surface area contributed by atoms with Crippen molar-refractivity contribution < 1.29 is 14.1 Å². The molecule has 14 heavy (non-hydrogen) atoms. The van der Waals surface area contributed by atoms with Gasteiger partial charge in [0.25, 0.3) is 0 Å². The van der Waals surface area contributed by atoms with Crippen LogP contribution in [0, 0.1) is 0 Å². The molecule has 0 rings (SSSR count). The fourth-order valence-corrected chi connectivity index (χ4v) is 3.65. The van der Waals surface area contributed by atoms with Crippen LogP contribution in [0.5, 0.6) is 0 Å². The monoisotopic (exact) mass is 220 g/mol. The van der Waals surface area contributed by atoms with Gasteiger partial charge in [-0.05, 0) is 19.2 Å². The number of carbonyl (C=O) groups excluding carboxylic acids is 1. The van der Waals surface area contributed by atoms with Crippen molar-refractivity contribution in [3.05, 3.63) is 0 Å². The highest BCUT2D eigenvalue weighted by Gasteiger charge is 2.27. The number of carbonyl (C=O) groups is 1. The van der Waals surface area contributed by atoms with Gasteiger partial charge < -0.3 is 9.30 Å². The van der Waals surface area contributed by atoms with Crippen molar-refractivity contribution in [1.82, 2.24) is 0 Å². The normalized spacial score (nSPS) is 13.7. The summed E-state index contributed by atoms with van der Waals surface area (Å²) in [6.07, 6.45) is 1.63. The lowest BCUT2D eigenvalue weighted by molar-refractivity contribution is -0.143. The van der Waals surface area contributed by atoms with Crippen molar-refractivity contribution in [2.45, 2.75) is 39.8 Å². The zero-order valence-electron chi connectivity index (χ0n) is 9.58. The van der Waals surface area contributed by atoms with Gasteiger partial charge in [0.15, 0.2) is 0 Å². The number of hydrogen-bond donors (Lipinski definition) is 0. The molecule has 0 saturated heterocycles. The van der Waals surface area contributed by atoms with Crippen molar-refractivity contribution in [3.8, 4) is 0 Å². The van der Waals surface area contributed by atoms with Gasteiger partial charge >= 0.3 is 5.97 Å². The summed E-state index contributed by atoms with van der Waals surface area (Å²) >= 11 is 0. The zero-order chi connectivity index (χ0) is 11.2. The van der Waals surface area contributed by atoms with Crippen molar-refractivity contribution in [2.24, 2.45) is 0 Å². The highest BCUT2D eigenvalue weighted by Crippen LogP contribution is 2.50. The molecule has 0 aliphatic carbocycles. The highest BCUT2D eigenvalue weighted by molar-refractivity contribution is 7.64. The molecule has 1 atom stereocenters. The summed E-state index contributed by atoms with van der Waals surface area (Å²) in [4.78, 5) is 11.2. The zero-order valence-corrected chi connectivity index (χ0v) is 10.5. The van der Waals surface area contributed by atoms with Gasteiger partial charge in [0.2, 0.25) is 0 Å². The predicted molar refractivity (Wildman–Crippen MR) is 59.4 cm³/mol. The fourth-order valence-electron chi connectivity index (χ4n) is 1.47. The second kappa shape index (κ2) is 6.23. The third kappa shape index (κ3) is 3.83. The molecule has 0 saturated carbocycles. The van der Waals surface area contributed by atoms with Crippen LogP contribution in [-0.2, 0) is 14.1 Å². The summed E-state index contributed by atoms with van der Waals surface area (Å²) < 4.78 is 17.0. The molecule has 1 unspecified atom stereocenters. The maximum absolute atomic E-state index is 12.2. The SMILES string of the molecule is CCOC(=O)CC(C)P(=O)(CC)CC. The first-order chi connectivity index (χ1) is 6.50. The van der Waals surface area contributed by atoms with Gasteiger partial charge in [-0.1, -0.05) is 20.8 Å². The smallest absolute Gasteiger partial charge is 0.306 e.